The van der Waals surface area contributed by atoms with E-state index in [1.54, 1.807) is 18.2 Å². The highest BCUT2D eigenvalue weighted by Gasteiger charge is 2.45. The zero-order valence-electron chi connectivity index (χ0n) is 19.5. The largest absolute Gasteiger partial charge is 0.371 e. The van der Waals surface area contributed by atoms with Crippen LogP contribution in [0.4, 0.5) is 10.1 Å². The van der Waals surface area contributed by atoms with E-state index in [0.717, 1.165) is 42.8 Å². The van der Waals surface area contributed by atoms with Gasteiger partial charge in [-0.05, 0) is 50.6 Å². The van der Waals surface area contributed by atoms with Crippen molar-refractivity contribution in [3.63, 3.8) is 0 Å². The summed E-state index contributed by atoms with van der Waals surface area (Å²) in [6.45, 7) is 2.82. The molecule has 1 aromatic carbocycles. The van der Waals surface area contributed by atoms with Gasteiger partial charge in [0.25, 0.3) is 11.8 Å². The second-order valence-electron chi connectivity index (χ2n) is 10.1. The van der Waals surface area contributed by atoms with E-state index < -0.39 is 35.3 Å². The van der Waals surface area contributed by atoms with Gasteiger partial charge in [0.05, 0.1) is 11.1 Å². The molecule has 3 fully saturated rings. The Labute approximate surface area is 202 Å². The van der Waals surface area contributed by atoms with Crippen molar-refractivity contribution < 1.29 is 28.4 Å². The molecular formula is C25H29FN4O5. The third kappa shape index (κ3) is 4.47. The second-order valence-corrected chi connectivity index (χ2v) is 10.1. The van der Waals surface area contributed by atoms with Crippen LogP contribution in [0.2, 0.25) is 0 Å². The fourth-order valence-electron chi connectivity index (χ4n) is 5.63. The van der Waals surface area contributed by atoms with Crippen LogP contribution in [0.1, 0.15) is 59.2 Å². The van der Waals surface area contributed by atoms with Crippen LogP contribution < -0.4 is 10.2 Å². The van der Waals surface area contributed by atoms with Gasteiger partial charge in [-0.1, -0.05) is 0 Å². The SMILES string of the molecule is O=CC1CCN(CC2(F)CCN(c3ccc4c(c3)C(=O)N(C3CCC(=O)NC3=O)C4=O)CC2)CC1. The van der Waals surface area contributed by atoms with Gasteiger partial charge in [0.1, 0.15) is 18.0 Å². The number of piperidine rings is 3. The zero-order valence-corrected chi connectivity index (χ0v) is 19.5. The summed E-state index contributed by atoms with van der Waals surface area (Å²) in [6.07, 6.45) is 3.45. The average molecular weight is 485 g/mol. The molecule has 0 spiro atoms. The van der Waals surface area contributed by atoms with Crippen LogP contribution in [0.5, 0.6) is 0 Å². The van der Waals surface area contributed by atoms with Crippen molar-refractivity contribution in [1.82, 2.24) is 15.1 Å². The van der Waals surface area contributed by atoms with E-state index >= 15 is 4.39 Å². The lowest BCUT2D eigenvalue weighted by Gasteiger charge is -2.41. The monoisotopic (exact) mass is 484 g/mol. The molecule has 35 heavy (non-hydrogen) atoms. The van der Waals surface area contributed by atoms with E-state index in [0.29, 0.717) is 32.5 Å². The zero-order chi connectivity index (χ0) is 24.7. The number of anilines is 1. The van der Waals surface area contributed by atoms with Crippen molar-refractivity contribution in [2.45, 2.75) is 50.2 Å². The number of carbonyl (C=O) groups is 5. The van der Waals surface area contributed by atoms with E-state index in [-0.39, 0.29) is 29.9 Å². The smallest absolute Gasteiger partial charge is 0.262 e. The number of imide groups is 2. The first-order chi connectivity index (χ1) is 16.8. The average Bonchev–Trinajstić information content (AvgIpc) is 3.09. The number of aldehydes is 1. The molecule has 10 heteroatoms. The first kappa shape index (κ1) is 23.6. The molecule has 4 aliphatic heterocycles. The highest BCUT2D eigenvalue weighted by Crippen LogP contribution is 2.34. The molecule has 1 N–H and O–H groups in total. The van der Waals surface area contributed by atoms with E-state index in [2.05, 4.69) is 10.2 Å². The fourth-order valence-corrected chi connectivity index (χ4v) is 5.63. The number of hydrogen-bond donors (Lipinski definition) is 1. The first-order valence-corrected chi connectivity index (χ1v) is 12.3. The summed E-state index contributed by atoms with van der Waals surface area (Å²) >= 11 is 0. The summed E-state index contributed by atoms with van der Waals surface area (Å²) in [5.74, 6) is -2.04. The molecule has 1 aromatic rings. The summed E-state index contributed by atoms with van der Waals surface area (Å²) in [5, 5.41) is 2.19. The van der Waals surface area contributed by atoms with E-state index in [1.807, 2.05) is 4.90 Å². The lowest BCUT2D eigenvalue weighted by molar-refractivity contribution is -0.136. The van der Waals surface area contributed by atoms with Crippen molar-refractivity contribution in [1.29, 1.82) is 0 Å². The van der Waals surface area contributed by atoms with Crippen molar-refractivity contribution >= 4 is 35.6 Å². The van der Waals surface area contributed by atoms with Crippen molar-refractivity contribution in [3.05, 3.63) is 29.3 Å². The summed E-state index contributed by atoms with van der Waals surface area (Å²) in [7, 11) is 0. The quantitative estimate of drug-likeness (QED) is 0.496. The van der Waals surface area contributed by atoms with Gasteiger partial charge in [0.2, 0.25) is 11.8 Å². The molecule has 186 valence electrons. The Bertz CT molecular complexity index is 1080. The van der Waals surface area contributed by atoms with Crippen molar-refractivity contribution in [2.24, 2.45) is 5.92 Å². The molecule has 4 amide bonds. The minimum absolute atomic E-state index is 0.0723. The minimum Gasteiger partial charge on any atom is -0.371 e. The maximum atomic E-state index is 15.6. The molecule has 4 heterocycles. The normalized spacial score (nSPS) is 25.6. The van der Waals surface area contributed by atoms with Crippen molar-refractivity contribution in [2.75, 3.05) is 37.6 Å². The number of carbonyl (C=O) groups excluding carboxylic acids is 5. The van der Waals surface area contributed by atoms with Gasteiger partial charge in [-0.3, -0.25) is 29.4 Å². The molecular weight excluding hydrogens is 455 g/mol. The highest BCUT2D eigenvalue weighted by molar-refractivity contribution is 6.23. The number of fused-ring (bicyclic) bond motifs is 1. The third-order valence-corrected chi connectivity index (χ3v) is 7.78. The van der Waals surface area contributed by atoms with Gasteiger partial charge < -0.3 is 14.6 Å². The summed E-state index contributed by atoms with van der Waals surface area (Å²) in [5.41, 5.74) is -0.0921. The minimum atomic E-state index is -1.30. The van der Waals surface area contributed by atoms with Crippen LogP contribution in [-0.4, -0.2) is 84.1 Å². The molecule has 5 rings (SSSR count). The van der Waals surface area contributed by atoms with Gasteiger partial charge in [0, 0.05) is 50.5 Å². The molecule has 0 radical (unpaired) electrons. The predicted molar refractivity (Wildman–Crippen MR) is 124 cm³/mol. The third-order valence-electron chi connectivity index (χ3n) is 7.78. The van der Waals surface area contributed by atoms with Gasteiger partial charge in [-0.25, -0.2) is 4.39 Å². The number of rotatable bonds is 5. The molecule has 1 atom stereocenters. The highest BCUT2D eigenvalue weighted by atomic mass is 19.1. The standard InChI is InChI=1S/C25H29FN4O5/c26-25(15-28-9-5-16(14-31)6-10-28)7-11-29(12-8-25)17-1-2-18-19(13-17)24(35)30(23(18)34)20-3-4-21(32)27-22(20)33/h1-2,13-14,16,20H,3-12,15H2,(H,27,32,33). The molecule has 9 nitrogen and oxygen atoms in total. The van der Waals surface area contributed by atoms with Gasteiger partial charge >= 0.3 is 0 Å². The molecule has 4 aliphatic rings. The molecule has 0 aliphatic carbocycles. The molecule has 3 saturated heterocycles. The Morgan fingerprint density at radius 2 is 1.66 bits per heavy atom. The van der Waals surface area contributed by atoms with Gasteiger partial charge in [-0.2, -0.15) is 0 Å². The number of nitrogens with one attached hydrogen (secondary N) is 1. The van der Waals surface area contributed by atoms with E-state index in [4.69, 9.17) is 0 Å². The lowest BCUT2D eigenvalue weighted by Crippen LogP contribution is -2.54. The van der Waals surface area contributed by atoms with E-state index in [1.165, 1.54) is 0 Å². The lowest BCUT2D eigenvalue weighted by atomic mass is 9.90. The Kier molecular flexibility index (Phi) is 6.16. The molecule has 0 aromatic heterocycles. The number of hydrogen-bond acceptors (Lipinski definition) is 7. The summed E-state index contributed by atoms with van der Waals surface area (Å²) < 4.78 is 15.6. The van der Waals surface area contributed by atoms with Crippen molar-refractivity contribution in [3.8, 4) is 0 Å². The maximum absolute atomic E-state index is 15.6. The number of benzene rings is 1. The number of likely N-dealkylation sites (tertiary alicyclic amines) is 1. The number of alkyl halides is 1. The topological polar surface area (TPSA) is 107 Å². The number of halogens is 1. The Hall–Kier alpha value is -3.14. The van der Waals surface area contributed by atoms with Crippen LogP contribution in [0.15, 0.2) is 18.2 Å². The Balaban J connectivity index is 1.23. The van der Waals surface area contributed by atoms with Gasteiger partial charge in [-0.15, -0.1) is 0 Å². The number of amides is 4. The van der Waals surface area contributed by atoms with Crippen LogP contribution in [0, 0.1) is 5.92 Å². The fraction of sp³-hybridized carbons (Fsp3) is 0.560. The first-order valence-electron chi connectivity index (χ1n) is 12.3. The Morgan fingerprint density at radius 1 is 0.971 bits per heavy atom. The van der Waals surface area contributed by atoms with E-state index in [9.17, 15) is 24.0 Å². The maximum Gasteiger partial charge on any atom is 0.262 e. The summed E-state index contributed by atoms with van der Waals surface area (Å²) in [6, 6.07) is 4.00. The molecule has 0 saturated carbocycles. The van der Waals surface area contributed by atoms with Crippen LogP contribution >= 0.6 is 0 Å². The van der Waals surface area contributed by atoms with Crippen LogP contribution in [0.25, 0.3) is 0 Å². The second kappa shape index (κ2) is 9.14. The van der Waals surface area contributed by atoms with Crippen LogP contribution in [0.3, 0.4) is 0 Å². The molecule has 1 unspecified atom stereocenters. The Morgan fingerprint density at radius 3 is 2.31 bits per heavy atom. The summed E-state index contributed by atoms with van der Waals surface area (Å²) in [4.78, 5) is 65.7. The number of nitrogens with zero attached hydrogens (tertiary/aromatic N) is 3. The predicted octanol–water partition coefficient (Wildman–Crippen LogP) is 1.31. The van der Waals surface area contributed by atoms with Crippen LogP contribution in [-0.2, 0) is 14.4 Å². The molecule has 0 bridgehead atoms. The van der Waals surface area contributed by atoms with Gasteiger partial charge in [0.15, 0.2) is 0 Å².